The summed E-state index contributed by atoms with van der Waals surface area (Å²) in [5.41, 5.74) is 2.29. The predicted molar refractivity (Wildman–Crippen MR) is 210 cm³/mol. The smallest absolute Gasteiger partial charge is 0.355 e. The average molecular weight is 762 g/mol. The van der Waals surface area contributed by atoms with Crippen LogP contribution in [0.25, 0.3) is 10.2 Å². The Labute approximate surface area is 317 Å². The number of rotatable bonds is 19. The monoisotopic (exact) mass is 761 g/mol. The first-order valence-electron chi connectivity index (χ1n) is 17.5. The molecule has 0 fully saturated rings. The molecule has 0 saturated heterocycles. The van der Waals surface area contributed by atoms with E-state index in [4.69, 9.17) is 4.74 Å². The summed E-state index contributed by atoms with van der Waals surface area (Å²) in [5, 5.41) is 36.0. The van der Waals surface area contributed by atoms with E-state index in [1.807, 2.05) is 42.2 Å². The van der Waals surface area contributed by atoms with Gasteiger partial charge in [-0.25, -0.2) is 19.2 Å². The zero-order chi connectivity index (χ0) is 37.8. The van der Waals surface area contributed by atoms with Crippen molar-refractivity contribution in [1.29, 1.82) is 0 Å². The van der Waals surface area contributed by atoms with Gasteiger partial charge in [0.25, 0.3) is 0 Å². The summed E-state index contributed by atoms with van der Waals surface area (Å²) in [7, 11) is 6.00. The first-order valence-corrected chi connectivity index (χ1v) is 19.2. The number of anilines is 4. The minimum Gasteiger partial charge on any atom is -0.491 e. The number of nitrogens with zero attached hydrogens (tertiary/aromatic N) is 6. The second-order valence-corrected chi connectivity index (χ2v) is 15.3. The normalized spacial score (nSPS) is 11.4. The standard InChI is InChI=1S/C38H45FN8O4S2/c1-26-24-33(44-45-35(26)43-37-41-29-13-6-7-14-31(29)52-37)46(19-8-5-9-20-47(3,4)21-22-48)38-42-34(36(49)50)32(53-38)15-11-23-51-30-17-16-27(25-28(30)39)12-10-18-40-2/h6-7,13-14,16-17,24-25,40,48H,5,8-9,11,15,18-23H2,1-4H3,(H-,41,43,45,49,50)/p+1. The molecule has 53 heavy (non-hydrogen) atoms. The first-order chi connectivity index (χ1) is 25.6. The lowest BCUT2D eigenvalue weighted by Crippen LogP contribution is -2.42. The average Bonchev–Trinajstić information content (AvgIpc) is 3.74. The number of para-hydroxylation sites is 1. The number of quaternary nitrogens is 1. The Morgan fingerprint density at radius 2 is 1.87 bits per heavy atom. The molecule has 2 aromatic carbocycles. The van der Waals surface area contributed by atoms with Crippen molar-refractivity contribution in [3.63, 3.8) is 0 Å². The van der Waals surface area contributed by atoms with Crippen molar-refractivity contribution in [1.82, 2.24) is 25.5 Å². The summed E-state index contributed by atoms with van der Waals surface area (Å²) in [5.74, 6) is 5.43. The number of carbonyl (C=O) groups is 1. The number of unbranched alkanes of at least 4 members (excludes halogenated alkanes) is 2. The minimum atomic E-state index is -1.12. The molecule has 0 spiro atoms. The number of aryl methyl sites for hydroxylation is 2. The molecule has 0 bridgehead atoms. The van der Waals surface area contributed by atoms with E-state index in [-0.39, 0.29) is 24.7 Å². The Hall–Kier alpha value is -4.72. The Balaban J connectivity index is 1.31. The van der Waals surface area contributed by atoms with E-state index >= 15 is 0 Å². The molecule has 0 atom stereocenters. The largest absolute Gasteiger partial charge is 0.491 e. The van der Waals surface area contributed by atoms with Gasteiger partial charge in [0.2, 0.25) is 0 Å². The van der Waals surface area contributed by atoms with Crippen LogP contribution in [0.1, 0.15) is 52.2 Å². The van der Waals surface area contributed by atoms with E-state index < -0.39 is 11.8 Å². The second-order valence-electron chi connectivity index (χ2n) is 13.2. The number of benzene rings is 2. The van der Waals surface area contributed by atoms with Crippen molar-refractivity contribution in [2.24, 2.45) is 0 Å². The number of hydrogen-bond acceptors (Lipinski definition) is 12. The number of halogens is 1. The molecule has 280 valence electrons. The van der Waals surface area contributed by atoms with Crippen molar-refractivity contribution >= 4 is 60.8 Å². The van der Waals surface area contributed by atoms with Gasteiger partial charge >= 0.3 is 5.97 Å². The summed E-state index contributed by atoms with van der Waals surface area (Å²) in [4.78, 5) is 24.1. The molecule has 5 aromatic rings. The molecule has 0 radical (unpaired) electrons. The van der Waals surface area contributed by atoms with Gasteiger partial charge < -0.3 is 35.0 Å². The lowest BCUT2D eigenvalue weighted by atomic mass is 10.2. The molecule has 0 saturated carbocycles. The van der Waals surface area contributed by atoms with Gasteiger partial charge in [-0.3, -0.25) is 0 Å². The van der Waals surface area contributed by atoms with Gasteiger partial charge in [-0.2, -0.15) is 0 Å². The molecule has 0 aliphatic carbocycles. The highest BCUT2D eigenvalue weighted by Crippen LogP contribution is 2.34. The van der Waals surface area contributed by atoms with E-state index in [0.29, 0.717) is 64.8 Å². The fourth-order valence-corrected chi connectivity index (χ4v) is 7.56. The summed E-state index contributed by atoms with van der Waals surface area (Å²) >= 11 is 2.84. The highest BCUT2D eigenvalue weighted by molar-refractivity contribution is 7.22. The number of carboxylic acids is 1. The Kier molecular flexibility index (Phi) is 14.0. The quantitative estimate of drug-likeness (QED) is 0.0422. The van der Waals surface area contributed by atoms with E-state index in [9.17, 15) is 19.4 Å². The molecule has 0 aliphatic heterocycles. The van der Waals surface area contributed by atoms with Crippen molar-refractivity contribution in [3.05, 3.63) is 76.0 Å². The molecule has 0 amide bonds. The van der Waals surface area contributed by atoms with Crippen LogP contribution in [0.3, 0.4) is 0 Å². The molecule has 3 aromatic heterocycles. The van der Waals surface area contributed by atoms with Gasteiger partial charge in [0, 0.05) is 17.0 Å². The molecule has 3 heterocycles. The zero-order valence-electron chi connectivity index (χ0n) is 30.5. The third-order valence-corrected chi connectivity index (χ3v) is 10.6. The van der Waals surface area contributed by atoms with Crippen LogP contribution in [0.2, 0.25) is 0 Å². The number of aromatic nitrogens is 4. The number of carboxylic acid groups (broad SMARTS) is 1. The van der Waals surface area contributed by atoms with Crippen molar-refractivity contribution < 1.29 is 28.6 Å². The molecule has 12 nitrogen and oxygen atoms in total. The van der Waals surface area contributed by atoms with Crippen LogP contribution < -0.4 is 20.3 Å². The first kappa shape index (κ1) is 39.5. The predicted octanol–water partition coefficient (Wildman–Crippen LogP) is 6.39. The number of aliphatic hydroxyl groups is 1. The van der Waals surface area contributed by atoms with Crippen molar-refractivity contribution in [3.8, 4) is 17.6 Å². The Bertz CT molecular complexity index is 2030. The second kappa shape index (κ2) is 18.9. The van der Waals surface area contributed by atoms with Gasteiger partial charge in [-0.15, -0.1) is 21.5 Å². The van der Waals surface area contributed by atoms with Gasteiger partial charge in [0.05, 0.1) is 50.6 Å². The molecular weight excluding hydrogens is 716 g/mol. The number of aromatic carboxylic acids is 1. The van der Waals surface area contributed by atoms with Gasteiger partial charge in [-0.1, -0.05) is 35.3 Å². The van der Waals surface area contributed by atoms with E-state index in [2.05, 4.69) is 56.7 Å². The summed E-state index contributed by atoms with van der Waals surface area (Å²) in [6.45, 7) is 4.95. The number of likely N-dealkylation sites (N-methyl/N-ethyl adjacent to an activating group) is 1. The fourth-order valence-electron chi connectivity index (χ4n) is 5.57. The number of hydrogen-bond donors (Lipinski definition) is 4. The van der Waals surface area contributed by atoms with Crippen LogP contribution in [-0.4, -0.2) is 101 Å². The number of aliphatic hydroxyl groups excluding tert-OH is 1. The van der Waals surface area contributed by atoms with Crippen LogP contribution in [0.15, 0.2) is 48.5 Å². The Morgan fingerprint density at radius 1 is 1.04 bits per heavy atom. The maximum Gasteiger partial charge on any atom is 0.355 e. The molecule has 5 rings (SSSR count). The topological polar surface area (TPSA) is 146 Å². The minimum absolute atomic E-state index is 0.0208. The lowest BCUT2D eigenvalue weighted by Gasteiger charge is -2.29. The number of ether oxygens (including phenoxy) is 1. The molecule has 15 heteroatoms. The lowest BCUT2D eigenvalue weighted by molar-refractivity contribution is -0.890. The molecule has 4 N–H and O–H groups in total. The molecule has 0 aliphatic rings. The zero-order valence-corrected chi connectivity index (χ0v) is 32.1. The van der Waals surface area contributed by atoms with E-state index in [0.717, 1.165) is 46.1 Å². The summed E-state index contributed by atoms with van der Waals surface area (Å²) < 4.78 is 22.2. The van der Waals surface area contributed by atoms with Crippen LogP contribution in [0.4, 0.5) is 26.3 Å². The van der Waals surface area contributed by atoms with Crippen molar-refractivity contribution in [2.75, 3.05) is 70.8 Å². The van der Waals surface area contributed by atoms with E-state index in [1.54, 1.807) is 19.2 Å². The SMILES string of the molecule is CNCC#Cc1ccc(OCCCc2sc(N(CCCCC[N+](C)(C)CCO)c3cc(C)c(Nc4nc5ccccc5s4)nn3)nc2C(=O)O)c(F)c1. The fraction of sp³-hybridized carbons (Fsp3) is 0.395. The maximum absolute atomic E-state index is 14.7. The number of fused-ring (bicyclic) bond motifs is 1. The summed E-state index contributed by atoms with van der Waals surface area (Å²) in [6, 6.07) is 14.4. The van der Waals surface area contributed by atoms with Crippen LogP contribution in [-0.2, 0) is 6.42 Å². The number of thiazole rings is 2. The van der Waals surface area contributed by atoms with E-state index in [1.165, 1.54) is 28.7 Å². The van der Waals surface area contributed by atoms with Gasteiger partial charge in [0.15, 0.2) is 39.2 Å². The third kappa shape index (κ3) is 11.1. The summed E-state index contributed by atoms with van der Waals surface area (Å²) in [6.07, 6.45) is 3.54. The highest BCUT2D eigenvalue weighted by atomic mass is 32.1. The Morgan fingerprint density at radius 3 is 2.60 bits per heavy atom. The maximum atomic E-state index is 14.7. The molecular formula is C38H46FN8O4S2+. The van der Waals surface area contributed by atoms with Gasteiger partial charge in [0.1, 0.15) is 6.54 Å². The highest BCUT2D eigenvalue weighted by Gasteiger charge is 2.24. The van der Waals surface area contributed by atoms with Crippen LogP contribution >= 0.6 is 22.7 Å². The van der Waals surface area contributed by atoms with Gasteiger partial charge in [-0.05, 0) is 88.0 Å². The van der Waals surface area contributed by atoms with Crippen LogP contribution in [0.5, 0.6) is 5.75 Å². The number of nitrogens with one attached hydrogen (secondary N) is 2. The third-order valence-electron chi connectivity index (χ3n) is 8.47. The van der Waals surface area contributed by atoms with Crippen LogP contribution in [0, 0.1) is 24.6 Å². The van der Waals surface area contributed by atoms with Crippen molar-refractivity contribution in [2.45, 2.75) is 39.0 Å². The molecule has 0 unspecified atom stereocenters.